The highest BCUT2D eigenvalue weighted by atomic mass is 32.1. The zero-order valence-corrected chi connectivity index (χ0v) is 31.3. The van der Waals surface area contributed by atoms with Crippen LogP contribution in [-0.2, 0) is 9.59 Å². The summed E-state index contributed by atoms with van der Waals surface area (Å²) >= 11 is 1.30. The summed E-state index contributed by atoms with van der Waals surface area (Å²) in [5.41, 5.74) is 0.208. The number of nitrogens with zero attached hydrogens (tertiary/aromatic N) is 3. The molecule has 270 valence electrons. The number of nitriles is 1. The molecule has 3 aromatic rings. The number of benzene rings is 2. The highest BCUT2D eigenvalue weighted by Crippen LogP contribution is 2.45. The van der Waals surface area contributed by atoms with Gasteiger partial charge in [0.05, 0.1) is 16.9 Å². The third-order valence-electron chi connectivity index (χ3n) is 7.93. The molecule has 2 aliphatic rings. The number of amides is 3. The highest BCUT2D eigenvalue weighted by molar-refractivity contribution is 7.45. The molecule has 12 heteroatoms. The molecule has 2 aliphatic heterocycles. The Balaban J connectivity index is 0.000000343. The van der Waals surface area contributed by atoms with Crippen LogP contribution in [0.25, 0.3) is 10.1 Å². The Kier molecular flexibility index (Phi) is 22.7. The van der Waals surface area contributed by atoms with Crippen molar-refractivity contribution < 1.29 is 28.6 Å². The van der Waals surface area contributed by atoms with E-state index in [-0.39, 0.29) is 17.4 Å². The number of carbonyl (C=O) groups excluding carboxylic acids is 3. The van der Waals surface area contributed by atoms with E-state index in [1.165, 1.54) is 49.2 Å². The van der Waals surface area contributed by atoms with Gasteiger partial charge in [0, 0.05) is 44.3 Å². The van der Waals surface area contributed by atoms with Crippen molar-refractivity contribution in [1.29, 1.82) is 5.26 Å². The van der Waals surface area contributed by atoms with Crippen LogP contribution in [0.1, 0.15) is 93.8 Å². The maximum atomic E-state index is 13.5. The van der Waals surface area contributed by atoms with Gasteiger partial charge in [0.2, 0.25) is 20.7 Å². The van der Waals surface area contributed by atoms with E-state index in [1.807, 2.05) is 55.1 Å². The Morgan fingerprint density at radius 3 is 2.18 bits per heavy atom. The summed E-state index contributed by atoms with van der Waals surface area (Å²) in [5, 5.41) is 11.6. The lowest BCUT2D eigenvalue weighted by molar-refractivity contribution is -0.130. The fourth-order valence-corrected chi connectivity index (χ4v) is 6.30. The van der Waals surface area contributed by atoms with Crippen molar-refractivity contribution in [3.8, 4) is 6.07 Å². The molecule has 49 heavy (non-hydrogen) atoms. The fraction of sp³-hybridized carbons (Fsp3) is 0.514. The molecular formula is C37H54FN4O5PS. The predicted molar refractivity (Wildman–Crippen MR) is 199 cm³/mol. The van der Waals surface area contributed by atoms with Crippen molar-refractivity contribution in [2.24, 2.45) is 11.8 Å². The minimum atomic E-state index is -2.64. The van der Waals surface area contributed by atoms with Crippen LogP contribution in [0.2, 0.25) is 0 Å². The Labute approximate surface area is 297 Å². The SMILES string of the molecule is CC.CCC(C)CCCC(=O)N1CCCC1.CNC(=O)c1cc2cc(C(F)P(O)O)ccc2s1.N#CC1CCN(C=O)C1.c1ccccc1. The zero-order valence-electron chi connectivity index (χ0n) is 29.6. The lowest BCUT2D eigenvalue weighted by Crippen LogP contribution is -2.27. The maximum Gasteiger partial charge on any atom is 0.261 e. The molecule has 2 aromatic carbocycles. The van der Waals surface area contributed by atoms with Gasteiger partial charge in [-0.3, -0.25) is 14.4 Å². The van der Waals surface area contributed by atoms with E-state index in [4.69, 9.17) is 15.0 Å². The van der Waals surface area contributed by atoms with E-state index in [0.717, 1.165) is 61.3 Å². The fourth-order valence-electron chi connectivity index (χ4n) is 4.88. The van der Waals surface area contributed by atoms with E-state index in [9.17, 15) is 18.8 Å². The molecule has 2 fully saturated rings. The summed E-state index contributed by atoms with van der Waals surface area (Å²) in [6.07, 6.45) is 8.34. The topological polar surface area (TPSA) is 134 Å². The van der Waals surface area contributed by atoms with Gasteiger partial charge in [-0.15, -0.1) is 11.3 Å². The third-order valence-corrected chi connectivity index (χ3v) is 9.75. The standard InChI is InChI=1S/C12H23NO.C11H11FNO3PS.C6H8N2O.C6H6.C2H6/c1-3-11(2)7-6-8-12(14)13-9-4-5-10-13;1-13-11(14)9-5-7-4-6(10(12)17(15)16)2-3-8(7)18-9;7-3-6-1-2-8(4-6)5-9;1-2-4-6-5-3-1;1-2/h11H,3-10H2,1-2H3;2-5,10,15-16H,1H3,(H,13,14);5-6H,1-2,4H2;1-6H;1-2H3. The monoisotopic (exact) mass is 716 g/mol. The molecule has 1 aromatic heterocycles. The van der Waals surface area contributed by atoms with Crippen molar-refractivity contribution in [1.82, 2.24) is 15.1 Å². The van der Waals surface area contributed by atoms with Gasteiger partial charge in [0.25, 0.3) is 5.91 Å². The second kappa shape index (κ2) is 25.5. The number of fused-ring (bicyclic) bond motifs is 1. The van der Waals surface area contributed by atoms with Crippen LogP contribution in [0, 0.1) is 23.2 Å². The van der Waals surface area contributed by atoms with Gasteiger partial charge in [-0.05, 0) is 60.7 Å². The quantitative estimate of drug-likeness (QED) is 0.152. The molecule has 5 rings (SSSR count). The molecule has 3 unspecified atom stereocenters. The molecule has 0 spiro atoms. The van der Waals surface area contributed by atoms with Gasteiger partial charge in [-0.2, -0.15) is 5.26 Å². The minimum Gasteiger partial charge on any atom is -0.354 e. The number of hydrogen-bond acceptors (Lipinski definition) is 7. The number of likely N-dealkylation sites (tertiary alicyclic amines) is 2. The molecule has 0 aliphatic carbocycles. The van der Waals surface area contributed by atoms with Gasteiger partial charge in [-0.25, -0.2) is 4.39 Å². The van der Waals surface area contributed by atoms with E-state index in [0.29, 0.717) is 17.3 Å². The lowest BCUT2D eigenvalue weighted by Gasteiger charge is -2.15. The molecule has 9 nitrogen and oxygen atoms in total. The summed E-state index contributed by atoms with van der Waals surface area (Å²) in [5.74, 6) is -0.740. The predicted octanol–water partition coefficient (Wildman–Crippen LogP) is 8.05. The first-order valence-electron chi connectivity index (χ1n) is 17.1. The summed E-state index contributed by atoms with van der Waals surface area (Å²) in [6.45, 7) is 11.9. The smallest absolute Gasteiger partial charge is 0.261 e. The first-order chi connectivity index (χ1) is 23.6. The van der Waals surface area contributed by atoms with Crippen molar-refractivity contribution in [2.75, 3.05) is 33.2 Å². The van der Waals surface area contributed by atoms with Gasteiger partial charge < -0.3 is 24.9 Å². The van der Waals surface area contributed by atoms with Crippen LogP contribution in [0.5, 0.6) is 0 Å². The Bertz CT molecular complexity index is 1370. The Morgan fingerprint density at radius 2 is 1.71 bits per heavy atom. The van der Waals surface area contributed by atoms with E-state index in [2.05, 4.69) is 25.2 Å². The van der Waals surface area contributed by atoms with Crippen LogP contribution >= 0.6 is 19.7 Å². The first-order valence-corrected chi connectivity index (χ1v) is 19.2. The number of alkyl halides is 1. The number of nitrogens with one attached hydrogen (secondary N) is 1. The summed E-state index contributed by atoms with van der Waals surface area (Å²) in [4.78, 5) is 55.1. The molecule has 0 saturated carbocycles. The lowest BCUT2D eigenvalue weighted by atomic mass is 10.0. The average Bonchev–Trinajstić information content (AvgIpc) is 3.94. The van der Waals surface area contributed by atoms with Crippen molar-refractivity contribution in [2.45, 2.75) is 78.6 Å². The van der Waals surface area contributed by atoms with E-state index < -0.39 is 14.3 Å². The zero-order chi connectivity index (χ0) is 36.6. The number of rotatable bonds is 9. The third kappa shape index (κ3) is 16.7. The Morgan fingerprint density at radius 1 is 1.10 bits per heavy atom. The van der Waals surface area contributed by atoms with Crippen LogP contribution in [0.15, 0.2) is 60.7 Å². The van der Waals surface area contributed by atoms with Crippen LogP contribution in [-0.4, -0.2) is 71.0 Å². The molecule has 3 atom stereocenters. The molecule has 3 amide bonds. The number of halogens is 1. The molecule has 3 heterocycles. The Hall–Kier alpha value is -3.42. The van der Waals surface area contributed by atoms with Crippen molar-refractivity contribution in [3.63, 3.8) is 0 Å². The minimum absolute atomic E-state index is 0.0789. The van der Waals surface area contributed by atoms with Crippen LogP contribution in [0.3, 0.4) is 0 Å². The van der Waals surface area contributed by atoms with Crippen LogP contribution < -0.4 is 5.32 Å². The normalized spacial score (nSPS) is 15.9. The maximum absolute atomic E-state index is 13.5. The summed E-state index contributed by atoms with van der Waals surface area (Å²) in [6, 6.07) is 20.5. The van der Waals surface area contributed by atoms with Gasteiger partial charge >= 0.3 is 0 Å². The van der Waals surface area contributed by atoms with Gasteiger partial charge in [-0.1, -0.05) is 83.0 Å². The number of thiophene rings is 1. The molecule has 0 bridgehead atoms. The average molecular weight is 717 g/mol. The molecule has 0 radical (unpaired) electrons. The van der Waals surface area contributed by atoms with Gasteiger partial charge in [0.15, 0.2) is 5.91 Å². The second-order valence-corrected chi connectivity index (χ2v) is 13.7. The van der Waals surface area contributed by atoms with Crippen molar-refractivity contribution >= 4 is 48.0 Å². The molecule has 3 N–H and O–H groups in total. The first kappa shape index (κ1) is 43.6. The van der Waals surface area contributed by atoms with E-state index in [1.54, 1.807) is 24.1 Å². The van der Waals surface area contributed by atoms with Gasteiger partial charge in [0.1, 0.15) is 0 Å². The summed E-state index contributed by atoms with van der Waals surface area (Å²) in [7, 11) is -1.10. The largest absolute Gasteiger partial charge is 0.354 e. The number of carbonyl (C=O) groups is 3. The van der Waals surface area contributed by atoms with E-state index >= 15 is 0 Å². The highest BCUT2D eigenvalue weighted by Gasteiger charge is 2.21. The molecular weight excluding hydrogens is 662 g/mol. The number of hydrogen-bond donors (Lipinski definition) is 3. The van der Waals surface area contributed by atoms with Crippen molar-refractivity contribution in [3.05, 3.63) is 71.1 Å². The van der Waals surface area contributed by atoms with Crippen LogP contribution in [0.4, 0.5) is 4.39 Å². The second-order valence-electron chi connectivity index (χ2n) is 11.5. The molecule has 2 saturated heterocycles. The summed E-state index contributed by atoms with van der Waals surface area (Å²) < 4.78 is 14.3.